The van der Waals surface area contributed by atoms with E-state index in [-0.39, 0.29) is 30.6 Å². The van der Waals surface area contributed by atoms with Gasteiger partial charge in [-0.2, -0.15) is 5.26 Å². The van der Waals surface area contributed by atoms with Gasteiger partial charge in [-0.3, -0.25) is 4.79 Å². The Hall–Kier alpha value is -2.75. The number of hydrogen-bond acceptors (Lipinski definition) is 6. The van der Waals surface area contributed by atoms with Gasteiger partial charge in [-0.15, -0.1) is 0 Å². The SMILES string of the molecule is CCOC(=O)CCc1c(C#N)cccc1NC1CCC(NC(=O)OC(C)(C)C)CC1. The van der Waals surface area contributed by atoms with Gasteiger partial charge in [-0.05, 0) is 77.5 Å². The number of anilines is 1. The van der Waals surface area contributed by atoms with Gasteiger partial charge in [0.25, 0.3) is 0 Å². The summed E-state index contributed by atoms with van der Waals surface area (Å²) in [5.74, 6) is -0.259. The van der Waals surface area contributed by atoms with Gasteiger partial charge in [-0.25, -0.2) is 4.79 Å². The first kappa shape index (κ1) is 23.5. The molecule has 0 unspecified atom stereocenters. The Labute approximate surface area is 179 Å². The standard InChI is InChI=1S/C23H33N3O4/c1-5-29-21(27)14-13-19-16(15-24)7-6-8-20(19)25-17-9-11-18(12-10-17)26-22(28)30-23(2,3)4/h6-8,17-18,25H,5,9-14H2,1-4H3,(H,26,28). The number of esters is 1. The lowest BCUT2D eigenvalue weighted by atomic mass is 9.90. The van der Waals surface area contributed by atoms with Crippen LogP contribution in [0.25, 0.3) is 0 Å². The molecule has 1 aromatic carbocycles. The molecule has 2 N–H and O–H groups in total. The van der Waals surface area contributed by atoms with Crippen LogP contribution >= 0.6 is 0 Å². The predicted octanol–water partition coefficient (Wildman–Crippen LogP) is 4.30. The molecule has 1 aromatic rings. The molecule has 1 fully saturated rings. The molecule has 1 saturated carbocycles. The van der Waals surface area contributed by atoms with E-state index in [4.69, 9.17) is 9.47 Å². The highest BCUT2D eigenvalue weighted by Crippen LogP contribution is 2.27. The highest BCUT2D eigenvalue weighted by molar-refractivity contribution is 5.71. The van der Waals surface area contributed by atoms with Crippen LogP contribution in [0.1, 0.15) is 70.9 Å². The van der Waals surface area contributed by atoms with Crippen LogP contribution in [0.2, 0.25) is 0 Å². The highest BCUT2D eigenvalue weighted by Gasteiger charge is 2.25. The fraction of sp³-hybridized carbons (Fsp3) is 0.609. The van der Waals surface area contributed by atoms with E-state index in [9.17, 15) is 14.9 Å². The fourth-order valence-corrected chi connectivity index (χ4v) is 3.63. The first-order valence-electron chi connectivity index (χ1n) is 10.7. The molecule has 0 aliphatic heterocycles. The van der Waals surface area contributed by atoms with Crippen molar-refractivity contribution in [3.8, 4) is 6.07 Å². The number of ether oxygens (including phenoxy) is 2. The third-order valence-electron chi connectivity index (χ3n) is 4.99. The Kier molecular flexibility index (Phi) is 8.52. The topological polar surface area (TPSA) is 100 Å². The molecule has 0 radical (unpaired) electrons. The number of benzene rings is 1. The molecule has 1 aliphatic rings. The van der Waals surface area contributed by atoms with Crippen LogP contribution in [0.4, 0.5) is 10.5 Å². The minimum Gasteiger partial charge on any atom is -0.466 e. The van der Waals surface area contributed by atoms with E-state index >= 15 is 0 Å². The Bertz CT molecular complexity index is 772. The molecule has 0 heterocycles. The number of carbonyl (C=O) groups is 2. The minimum atomic E-state index is -0.505. The zero-order valence-corrected chi connectivity index (χ0v) is 18.4. The van der Waals surface area contributed by atoms with Gasteiger partial charge in [0.15, 0.2) is 0 Å². The van der Waals surface area contributed by atoms with Crippen LogP contribution in [0.5, 0.6) is 0 Å². The maximum absolute atomic E-state index is 12.0. The summed E-state index contributed by atoms with van der Waals surface area (Å²) >= 11 is 0. The molecule has 0 bridgehead atoms. The van der Waals surface area contributed by atoms with E-state index in [2.05, 4.69) is 16.7 Å². The molecule has 30 heavy (non-hydrogen) atoms. The largest absolute Gasteiger partial charge is 0.466 e. The summed E-state index contributed by atoms with van der Waals surface area (Å²) in [6, 6.07) is 8.15. The Morgan fingerprint density at radius 3 is 2.43 bits per heavy atom. The zero-order chi connectivity index (χ0) is 22.1. The number of nitrogens with one attached hydrogen (secondary N) is 2. The number of nitrogens with zero attached hydrogens (tertiary/aromatic N) is 1. The number of alkyl carbamates (subject to hydrolysis) is 1. The van der Waals surface area contributed by atoms with Crippen molar-refractivity contribution in [2.75, 3.05) is 11.9 Å². The van der Waals surface area contributed by atoms with Gasteiger partial charge >= 0.3 is 12.1 Å². The van der Waals surface area contributed by atoms with Gasteiger partial charge in [0, 0.05) is 24.2 Å². The molecule has 164 valence electrons. The monoisotopic (exact) mass is 415 g/mol. The van der Waals surface area contributed by atoms with Crippen LogP contribution < -0.4 is 10.6 Å². The van der Waals surface area contributed by atoms with Crippen LogP contribution in [0.3, 0.4) is 0 Å². The molecule has 0 aromatic heterocycles. The third kappa shape index (κ3) is 7.58. The second-order valence-electron chi connectivity index (χ2n) is 8.59. The normalized spacial score (nSPS) is 18.8. The zero-order valence-electron chi connectivity index (χ0n) is 18.4. The molecule has 0 saturated heterocycles. The summed E-state index contributed by atoms with van der Waals surface area (Å²) in [5.41, 5.74) is 1.81. The third-order valence-corrected chi connectivity index (χ3v) is 4.99. The molecular formula is C23H33N3O4. The van der Waals surface area contributed by atoms with E-state index < -0.39 is 5.60 Å². The van der Waals surface area contributed by atoms with Crippen LogP contribution in [-0.4, -0.2) is 36.4 Å². The summed E-state index contributed by atoms with van der Waals surface area (Å²) in [4.78, 5) is 23.7. The lowest BCUT2D eigenvalue weighted by Gasteiger charge is -2.31. The summed E-state index contributed by atoms with van der Waals surface area (Å²) < 4.78 is 10.3. The second kappa shape index (κ2) is 10.9. The number of carbonyl (C=O) groups excluding carboxylic acids is 2. The van der Waals surface area contributed by atoms with Gasteiger partial charge in [0.1, 0.15) is 5.60 Å². The maximum atomic E-state index is 12.0. The summed E-state index contributed by atoms with van der Waals surface area (Å²) in [6.45, 7) is 7.68. The molecular weight excluding hydrogens is 382 g/mol. The molecule has 2 rings (SSSR count). The number of hydrogen-bond donors (Lipinski definition) is 2. The first-order chi connectivity index (χ1) is 14.2. The van der Waals surface area contributed by atoms with Crippen molar-refractivity contribution in [2.24, 2.45) is 0 Å². The molecule has 1 aliphatic carbocycles. The molecule has 7 nitrogen and oxygen atoms in total. The summed E-state index contributed by atoms with van der Waals surface area (Å²) in [7, 11) is 0. The van der Waals surface area contributed by atoms with Gasteiger partial charge < -0.3 is 20.1 Å². The molecule has 0 atom stereocenters. The van der Waals surface area contributed by atoms with E-state index in [1.165, 1.54) is 0 Å². The smallest absolute Gasteiger partial charge is 0.407 e. The quantitative estimate of drug-likeness (QED) is 0.644. The van der Waals surface area contributed by atoms with Crippen molar-refractivity contribution in [2.45, 2.75) is 83.9 Å². The fourth-order valence-electron chi connectivity index (χ4n) is 3.63. The van der Waals surface area contributed by atoms with Gasteiger partial charge in [0.2, 0.25) is 0 Å². The van der Waals surface area contributed by atoms with Crippen molar-refractivity contribution in [1.29, 1.82) is 5.26 Å². The van der Waals surface area contributed by atoms with Crippen molar-refractivity contribution in [1.82, 2.24) is 5.32 Å². The van der Waals surface area contributed by atoms with Crippen molar-refractivity contribution >= 4 is 17.7 Å². The van der Waals surface area contributed by atoms with Crippen LogP contribution in [-0.2, 0) is 20.7 Å². The van der Waals surface area contributed by atoms with E-state index in [1.54, 1.807) is 13.0 Å². The van der Waals surface area contributed by atoms with E-state index in [0.717, 1.165) is 36.9 Å². The minimum absolute atomic E-state index is 0.103. The molecule has 0 spiro atoms. The summed E-state index contributed by atoms with van der Waals surface area (Å²) in [5, 5.41) is 16.0. The Morgan fingerprint density at radius 2 is 1.83 bits per heavy atom. The average Bonchev–Trinajstić information content (AvgIpc) is 2.67. The average molecular weight is 416 g/mol. The van der Waals surface area contributed by atoms with Crippen LogP contribution in [0.15, 0.2) is 18.2 Å². The second-order valence-corrected chi connectivity index (χ2v) is 8.59. The van der Waals surface area contributed by atoms with Crippen molar-refractivity contribution in [3.05, 3.63) is 29.3 Å². The Morgan fingerprint density at radius 1 is 1.17 bits per heavy atom. The van der Waals surface area contributed by atoms with Gasteiger partial charge in [0.05, 0.1) is 18.2 Å². The lowest BCUT2D eigenvalue weighted by molar-refractivity contribution is -0.143. The van der Waals surface area contributed by atoms with Crippen molar-refractivity contribution < 1.29 is 19.1 Å². The maximum Gasteiger partial charge on any atom is 0.407 e. The van der Waals surface area contributed by atoms with E-state index in [1.807, 2.05) is 32.9 Å². The van der Waals surface area contributed by atoms with Crippen LogP contribution in [0, 0.1) is 11.3 Å². The lowest BCUT2D eigenvalue weighted by Crippen LogP contribution is -2.42. The van der Waals surface area contributed by atoms with Gasteiger partial charge in [-0.1, -0.05) is 6.07 Å². The summed E-state index contributed by atoms with van der Waals surface area (Å²) in [6.07, 6.45) is 3.83. The van der Waals surface area contributed by atoms with E-state index in [0.29, 0.717) is 18.6 Å². The number of rotatable bonds is 7. The molecule has 1 amide bonds. The molecule has 7 heteroatoms. The number of nitriles is 1. The highest BCUT2D eigenvalue weighted by atomic mass is 16.6. The number of amides is 1. The Balaban J connectivity index is 1.93. The predicted molar refractivity (Wildman–Crippen MR) is 115 cm³/mol. The first-order valence-corrected chi connectivity index (χ1v) is 10.7. The van der Waals surface area contributed by atoms with Crippen molar-refractivity contribution in [3.63, 3.8) is 0 Å².